The average molecular weight is 296 g/mol. The molecule has 3 rings (SSSR count). The maximum Gasteiger partial charge on any atom is 0.274 e. The zero-order chi connectivity index (χ0) is 14.3. The van der Waals surface area contributed by atoms with Gasteiger partial charge >= 0.3 is 0 Å². The first kappa shape index (κ1) is 13.3. The molecule has 0 bridgehead atoms. The molecule has 1 N–H and O–H groups in total. The van der Waals surface area contributed by atoms with Crippen LogP contribution in [0.3, 0.4) is 0 Å². The molecule has 1 saturated heterocycles. The van der Waals surface area contributed by atoms with E-state index in [1.807, 2.05) is 6.92 Å². The summed E-state index contributed by atoms with van der Waals surface area (Å²) in [6.07, 6.45) is 1.85. The van der Waals surface area contributed by atoms with Gasteiger partial charge in [-0.05, 0) is 18.8 Å². The molecule has 0 saturated carbocycles. The first-order chi connectivity index (χ1) is 9.47. The van der Waals surface area contributed by atoms with Crippen LogP contribution in [0.2, 0.25) is 0 Å². The van der Waals surface area contributed by atoms with E-state index in [1.165, 1.54) is 10.6 Å². The molecule has 0 amide bonds. The highest BCUT2D eigenvalue weighted by Crippen LogP contribution is 2.21. The monoisotopic (exact) mass is 296 g/mol. The molecule has 1 fully saturated rings. The third-order valence-electron chi connectivity index (χ3n) is 3.59. The summed E-state index contributed by atoms with van der Waals surface area (Å²) < 4.78 is 24.2. The molecule has 20 heavy (non-hydrogen) atoms. The predicted molar refractivity (Wildman–Crippen MR) is 73.5 cm³/mol. The standard InChI is InChI=1S/C12H16N4O3S/c1-2-10-14-12-13-9(6-11(17)16(12)15-10)5-8-3-4-20(18,19)7-8/h6,8H,2-5,7H2,1H3,(H,13,14,15)/t8-/m1/s1. The van der Waals surface area contributed by atoms with Crippen molar-refractivity contribution in [2.24, 2.45) is 5.92 Å². The summed E-state index contributed by atoms with van der Waals surface area (Å²) in [5, 5.41) is 2.88. The molecule has 1 aliphatic rings. The first-order valence-corrected chi connectivity index (χ1v) is 8.47. The van der Waals surface area contributed by atoms with Crippen LogP contribution in [-0.4, -0.2) is 39.5 Å². The van der Waals surface area contributed by atoms with Crippen LogP contribution in [-0.2, 0) is 22.7 Å². The fourth-order valence-electron chi connectivity index (χ4n) is 2.56. The third-order valence-corrected chi connectivity index (χ3v) is 5.43. The lowest BCUT2D eigenvalue weighted by Crippen LogP contribution is -2.17. The van der Waals surface area contributed by atoms with Crippen molar-refractivity contribution in [2.75, 3.05) is 11.5 Å². The Labute approximate surface area is 116 Å². The Morgan fingerprint density at radius 3 is 2.90 bits per heavy atom. The number of hydrogen-bond acceptors (Lipinski definition) is 5. The summed E-state index contributed by atoms with van der Waals surface area (Å²) in [6, 6.07) is 1.45. The minimum atomic E-state index is -2.90. The van der Waals surface area contributed by atoms with Crippen molar-refractivity contribution in [3.05, 3.63) is 27.9 Å². The van der Waals surface area contributed by atoms with E-state index < -0.39 is 9.84 Å². The Morgan fingerprint density at radius 2 is 2.25 bits per heavy atom. The van der Waals surface area contributed by atoms with Crippen LogP contribution >= 0.6 is 0 Å². The van der Waals surface area contributed by atoms with Crippen molar-refractivity contribution in [3.63, 3.8) is 0 Å². The highest BCUT2D eigenvalue weighted by molar-refractivity contribution is 7.91. The number of rotatable bonds is 3. The smallest absolute Gasteiger partial charge is 0.274 e. The molecule has 7 nitrogen and oxygen atoms in total. The molecule has 2 aromatic rings. The van der Waals surface area contributed by atoms with Gasteiger partial charge in [-0.2, -0.15) is 9.50 Å². The number of hydrogen-bond donors (Lipinski definition) is 1. The van der Waals surface area contributed by atoms with E-state index in [0.29, 0.717) is 36.6 Å². The number of aromatic nitrogens is 4. The second-order valence-corrected chi connectivity index (χ2v) is 7.45. The van der Waals surface area contributed by atoms with Crippen LogP contribution in [0.25, 0.3) is 5.78 Å². The number of aromatic amines is 1. The van der Waals surface area contributed by atoms with Crippen molar-refractivity contribution in [2.45, 2.75) is 26.2 Å². The molecule has 2 aromatic heterocycles. The lowest BCUT2D eigenvalue weighted by Gasteiger charge is -2.05. The van der Waals surface area contributed by atoms with Crippen molar-refractivity contribution in [1.29, 1.82) is 0 Å². The molecular weight excluding hydrogens is 280 g/mol. The summed E-state index contributed by atoms with van der Waals surface area (Å²) in [4.78, 5) is 20.5. The largest absolute Gasteiger partial charge is 0.275 e. The minimum Gasteiger partial charge on any atom is -0.275 e. The molecule has 8 heteroatoms. The van der Waals surface area contributed by atoms with Crippen LogP contribution in [0.5, 0.6) is 0 Å². The predicted octanol–water partition coefficient (Wildman–Crippen LogP) is -0.0428. The van der Waals surface area contributed by atoms with Gasteiger partial charge in [0.25, 0.3) is 11.3 Å². The molecule has 0 aliphatic carbocycles. The summed E-state index contributed by atoms with van der Waals surface area (Å²) in [5.41, 5.74) is 0.407. The van der Waals surface area contributed by atoms with Gasteiger partial charge in [-0.25, -0.2) is 13.4 Å². The van der Waals surface area contributed by atoms with Crippen LogP contribution < -0.4 is 5.56 Å². The second kappa shape index (κ2) is 4.69. The Kier molecular flexibility index (Phi) is 3.12. The number of nitrogens with zero attached hydrogens (tertiary/aromatic N) is 3. The normalized spacial score (nSPS) is 21.6. The van der Waals surface area contributed by atoms with Gasteiger partial charge in [0.05, 0.1) is 17.2 Å². The number of H-pyrrole nitrogens is 1. The minimum absolute atomic E-state index is 0.0546. The summed E-state index contributed by atoms with van der Waals surface area (Å²) >= 11 is 0. The maximum absolute atomic E-state index is 12.0. The van der Waals surface area contributed by atoms with Crippen LogP contribution in [0.15, 0.2) is 10.9 Å². The van der Waals surface area contributed by atoms with E-state index in [0.717, 1.165) is 0 Å². The van der Waals surface area contributed by atoms with E-state index in [2.05, 4.69) is 15.1 Å². The maximum atomic E-state index is 12.0. The van der Waals surface area contributed by atoms with Gasteiger partial charge in [-0.1, -0.05) is 6.92 Å². The van der Waals surface area contributed by atoms with Crippen molar-refractivity contribution in [3.8, 4) is 0 Å². The molecule has 0 unspecified atom stereocenters. The van der Waals surface area contributed by atoms with E-state index in [1.54, 1.807) is 0 Å². The SMILES string of the molecule is CCc1nc2nc(C[C@H]3CCS(=O)(=O)C3)cc(=O)n2[nH]1. The van der Waals surface area contributed by atoms with Gasteiger partial charge in [0.2, 0.25) is 0 Å². The van der Waals surface area contributed by atoms with Crippen molar-refractivity contribution >= 4 is 15.6 Å². The van der Waals surface area contributed by atoms with Crippen LogP contribution in [0, 0.1) is 5.92 Å². The molecule has 1 aliphatic heterocycles. The Hall–Kier alpha value is -1.70. The first-order valence-electron chi connectivity index (χ1n) is 6.65. The van der Waals surface area contributed by atoms with Gasteiger partial charge in [-0.3, -0.25) is 9.89 Å². The fraction of sp³-hybridized carbons (Fsp3) is 0.583. The second-order valence-electron chi connectivity index (χ2n) is 5.22. The summed E-state index contributed by atoms with van der Waals surface area (Å²) in [7, 11) is -2.90. The average Bonchev–Trinajstić information content (AvgIpc) is 2.93. The van der Waals surface area contributed by atoms with E-state index in [-0.39, 0.29) is 23.0 Å². The Morgan fingerprint density at radius 1 is 1.45 bits per heavy atom. The van der Waals surface area contributed by atoms with Gasteiger partial charge < -0.3 is 0 Å². The number of aryl methyl sites for hydroxylation is 1. The van der Waals surface area contributed by atoms with E-state index >= 15 is 0 Å². The zero-order valence-corrected chi connectivity index (χ0v) is 12.0. The summed E-state index contributed by atoms with van der Waals surface area (Å²) in [6.45, 7) is 1.94. The zero-order valence-electron chi connectivity index (χ0n) is 11.2. The lowest BCUT2D eigenvalue weighted by molar-refractivity contribution is 0.576. The fourth-order valence-corrected chi connectivity index (χ4v) is 4.42. The van der Waals surface area contributed by atoms with Gasteiger partial charge in [0.15, 0.2) is 9.84 Å². The third kappa shape index (κ3) is 2.47. The highest BCUT2D eigenvalue weighted by atomic mass is 32.2. The van der Waals surface area contributed by atoms with E-state index in [4.69, 9.17) is 0 Å². The van der Waals surface area contributed by atoms with Gasteiger partial charge in [0.1, 0.15) is 5.82 Å². The molecule has 0 radical (unpaired) electrons. The molecule has 0 aromatic carbocycles. The lowest BCUT2D eigenvalue weighted by atomic mass is 10.0. The van der Waals surface area contributed by atoms with E-state index in [9.17, 15) is 13.2 Å². The van der Waals surface area contributed by atoms with Gasteiger partial charge in [-0.15, -0.1) is 0 Å². The van der Waals surface area contributed by atoms with Gasteiger partial charge in [0, 0.05) is 12.5 Å². The molecular formula is C12H16N4O3S. The van der Waals surface area contributed by atoms with Crippen LogP contribution in [0.1, 0.15) is 24.9 Å². The highest BCUT2D eigenvalue weighted by Gasteiger charge is 2.28. The molecule has 1 atom stereocenters. The Balaban J connectivity index is 1.91. The van der Waals surface area contributed by atoms with Crippen molar-refractivity contribution < 1.29 is 8.42 Å². The van der Waals surface area contributed by atoms with Crippen molar-refractivity contribution in [1.82, 2.24) is 19.6 Å². The molecule has 0 spiro atoms. The molecule has 108 valence electrons. The summed E-state index contributed by atoms with van der Waals surface area (Å²) in [5.74, 6) is 1.54. The number of nitrogens with one attached hydrogen (secondary N) is 1. The molecule has 3 heterocycles. The Bertz CT molecular complexity index is 806. The van der Waals surface area contributed by atoms with Crippen LogP contribution in [0.4, 0.5) is 0 Å². The topological polar surface area (TPSA) is 97.2 Å². The number of sulfone groups is 1. The number of fused-ring (bicyclic) bond motifs is 1. The quantitative estimate of drug-likeness (QED) is 0.857.